The van der Waals surface area contributed by atoms with Gasteiger partial charge in [-0.25, -0.2) is 0 Å². The molecule has 7 nitrogen and oxygen atoms in total. The summed E-state index contributed by atoms with van der Waals surface area (Å²) in [5, 5.41) is 19.9. The van der Waals surface area contributed by atoms with Crippen molar-refractivity contribution in [3.05, 3.63) is 0 Å². The van der Waals surface area contributed by atoms with Crippen LogP contribution in [0.15, 0.2) is 0 Å². The number of aliphatic hydroxyl groups is 1. The zero-order valence-corrected chi connectivity index (χ0v) is 21.3. The number of hydrogen-bond acceptors (Lipinski definition) is 6. The van der Waals surface area contributed by atoms with Crippen molar-refractivity contribution in [3.8, 4) is 0 Å². The standard InChI is InChI=1S/C27H42O7/c1-14(10-24(31)32)19-6-7-20-25-21(13-23(27(19,20)5)34-16(3)29)26(4)9-8-18(30)11-17(26)12-22(25)33-15(2)28/h14,17-23,25,30H,6-13H2,1-5H3,(H,31,32). The van der Waals surface area contributed by atoms with E-state index in [4.69, 9.17) is 9.47 Å². The Morgan fingerprint density at radius 1 is 0.971 bits per heavy atom. The van der Waals surface area contributed by atoms with Gasteiger partial charge in [0.2, 0.25) is 0 Å². The summed E-state index contributed by atoms with van der Waals surface area (Å²) in [6.45, 7) is 9.46. The van der Waals surface area contributed by atoms with Crippen molar-refractivity contribution in [1.29, 1.82) is 0 Å². The maximum atomic E-state index is 12.3. The summed E-state index contributed by atoms with van der Waals surface area (Å²) in [7, 11) is 0. The van der Waals surface area contributed by atoms with E-state index in [0.29, 0.717) is 6.42 Å². The molecule has 4 rings (SSSR count). The van der Waals surface area contributed by atoms with Crippen LogP contribution >= 0.6 is 0 Å². The lowest BCUT2D eigenvalue weighted by Crippen LogP contribution is -2.63. The first kappa shape index (κ1) is 25.5. The van der Waals surface area contributed by atoms with Gasteiger partial charge in [0.05, 0.1) is 6.10 Å². The molecule has 2 N–H and O–H groups in total. The normalized spacial score (nSPS) is 46.4. The molecule has 4 aliphatic rings. The minimum atomic E-state index is -0.802. The Hall–Kier alpha value is -1.63. The Bertz CT molecular complexity index is 826. The maximum absolute atomic E-state index is 12.3. The number of carboxylic acid groups (broad SMARTS) is 1. The second kappa shape index (κ2) is 9.11. The van der Waals surface area contributed by atoms with Crippen LogP contribution in [-0.4, -0.2) is 46.4 Å². The van der Waals surface area contributed by atoms with Crippen molar-refractivity contribution in [2.75, 3.05) is 0 Å². The molecule has 4 aliphatic carbocycles. The summed E-state index contributed by atoms with van der Waals surface area (Å²) < 4.78 is 12.1. The lowest BCUT2D eigenvalue weighted by atomic mass is 9.43. The Morgan fingerprint density at radius 2 is 1.65 bits per heavy atom. The predicted molar refractivity (Wildman–Crippen MR) is 125 cm³/mol. The van der Waals surface area contributed by atoms with E-state index in [0.717, 1.165) is 38.5 Å². The summed E-state index contributed by atoms with van der Waals surface area (Å²) >= 11 is 0. The Morgan fingerprint density at radius 3 is 2.26 bits per heavy atom. The third-order valence-electron chi connectivity index (χ3n) is 10.6. The molecule has 0 radical (unpaired) electrons. The molecule has 0 aromatic rings. The molecule has 0 bridgehead atoms. The summed E-state index contributed by atoms with van der Waals surface area (Å²) in [5.74, 6) is -0.476. The van der Waals surface area contributed by atoms with Crippen LogP contribution in [-0.2, 0) is 23.9 Å². The van der Waals surface area contributed by atoms with E-state index in [2.05, 4.69) is 13.8 Å². The van der Waals surface area contributed by atoms with Gasteiger partial charge in [0, 0.05) is 31.6 Å². The van der Waals surface area contributed by atoms with Crippen LogP contribution in [0.3, 0.4) is 0 Å². The zero-order valence-electron chi connectivity index (χ0n) is 21.3. The van der Waals surface area contributed by atoms with Crippen molar-refractivity contribution in [2.45, 2.75) is 104 Å². The highest BCUT2D eigenvalue weighted by Gasteiger charge is 2.67. The molecule has 34 heavy (non-hydrogen) atoms. The van der Waals surface area contributed by atoms with E-state index in [1.807, 2.05) is 6.92 Å². The molecule has 192 valence electrons. The first-order valence-corrected chi connectivity index (χ1v) is 13.1. The molecule has 0 aliphatic heterocycles. The van der Waals surface area contributed by atoms with E-state index in [-0.39, 0.29) is 83.0 Å². The number of ether oxygens (including phenoxy) is 2. The summed E-state index contributed by atoms with van der Waals surface area (Å²) in [6.07, 6.45) is 4.95. The molecule has 11 atom stereocenters. The minimum absolute atomic E-state index is 0.00889. The molecule has 4 saturated carbocycles. The Balaban J connectivity index is 1.77. The maximum Gasteiger partial charge on any atom is 0.303 e. The number of rotatable bonds is 5. The van der Waals surface area contributed by atoms with Crippen LogP contribution in [0.5, 0.6) is 0 Å². The molecular weight excluding hydrogens is 436 g/mol. The molecule has 0 aromatic carbocycles. The van der Waals surface area contributed by atoms with Crippen LogP contribution in [0.1, 0.15) is 86.0 Å². The van der Waals surface area contributed by atoms with Gasteiger partial charge in [0.25, 0.3) is 0 Å². The van der Waals surface area contributed by atoms with Crippen LogP contribution < -0.4 is 0 Å². The zero-order chi connectivity index (χ0) is 25.0. The molecule has 0 amide bonds. The van der Waals surface area contributed by atoms with E-state index in [1.165, 1.54) is 13.8 Å². The fourth-order valence-corrected chi connectivity index (χ4v) is 9.21. The summed E-state index contributed by atoms with van der Waals surface area (Å²) in [4.78, 5) is 36.0. The topological polar surface area (TPSA) is 110 Å². The number of carbonyl (C=O) groups excluding carboxylic acids is 2. The predicted octanol–water partition coefficient (Wildman–Crippen LogP) is 4.20. The second-order valence-corrected chi connectivity index (χ2v) is 12.3. The van der Waals surface area contributed by atoms with Gasteiger partial charge in [-0.2, -0.15) is 0 Å². The number of esters is 2. The molecule has 4 fully saturated rings. The Labute approximate surface area is 203 Å². The molecule has 0 aromatic heterocycles. The number of aliphatic hydroxyl groups excluding tert-OH is 1. The summed E-state index contributed by atoms with van der Waals surface area (Å²) in [5.41, 5.74) is -0.372. The minimum Gasteiger partial charge on any atom is -0.481 e. The highest BCUT2D eigenvalue weighted by atomic mass is 16.5. The van der Waals surface area contributed by atoms with Crippen LogP contribution in [0.4, 0.5) is 0 Å². The van der Waals surface area contributed by atoms with Crippen molar-refractivity contribution >= 4 is 17.9 Å². The quantitative estimate of drug-likeness (QED) is 0.570. The number of hydrogen-bond donors (Lipinski definition) is 2. The van der Waals surface area contributed by atoms with Gasteiger partial charge in [-0.1, -0.05) is 20.8 Å². The first-order valence-electron chi connectivity index (χ1n) is 13.1. The van der Waals surface area contributed by atoms with Crippen molar-refractivity contribution in [2.24, 2.45) is 46.3 Å². The number of aliphatic carboxylic acids is 1. The molecule has 0 heterocycles. The average Bonchev–Trinajstić information content (AvgIpc) is 3.07. The lowest BCUT2D eigenvalue weighted by molar-refractivity contribution is -0.223. The number of carbonyl (C=O) groups is 3. The van der Waals surface area contributed by atoms with Crippen LogP contribution in [0.2, 0.25) is 0 Å². The van der Waals surface area contributed by atoms with Crippen molar-refractivity contribution in [3.63, 3.8) is 0 Å². The molecular formula is C27H42O7. The van der Waals surface area contributed by atoms with Gasteiger partial charge in [-0.15, -0.1) is 0 Å². The smallest absolute Gasteiger partial charge is 0.303 e. The lowest BCUT2D eigenvalue weighted by Gasteiger charge is -2.64. The van der Waals surface area contributed by atoms with E-state index in [1.54, 1.807) is 0 Å². The van der Waals surface area contributed by atoms with Gasteiger partial charge < -0.3 is 19.7 Å². The third-order valence-corrected chi connectivity index (χ3v) is 10.6. The van der Waals surface area contributed by atoms with Crippen LogP contribution in [0.25, 0.3) is 0 Å². The van der Waals surface area contributed by atoms with Gasteiger partial charge in [0.15, 0.2) is 0 Å². The van der Waals surface area contributed by atoms with Crippen LogP contribution in [0, 0.1) is 46.3 Å². The largest absolute Gasteiger partial charge is 0.481 e. The van der Waals surface area contributed by atoms with E-state index >= 15 is 0 Å². The van der Waals surface area contributed by atoms with Crippen molar-refractivity contribution < 1.29 is 34.1 Å². The SMILES string of the molecule is CC(=O)OC1CC2CC(O)CCC2(C)C2CC(OC(C)=O)C3(C)C(C(C)CC(=O)O)CCC3C12. The molecule has 0 saturated heterocycles. The van der Waals surface area contributed by atoms with Gasteiger partial charge in [0.1, 0.15) is 12.2 Å². The van der Waals surface area contributed by atoms with Crippen molar-refractivity contribution in [1.82, 2.24) is 0 Å². The second-order valence-electron chi connectivity index (χ2n) is 12.3. The first-order chi connectivity index (χ1) is 15.9. The highest BCUT2D eigenvalue weighted by Crippen LogP contribution is 2.69. The molecule has 0 spiro atoms. The fraction of sp³-hybridized carbons (Fsp3) is 0.889. The average molecular weight is 479 g/mol. The third kappa shape index (κ3) is 4.16. The van der Waals surface area contributed by atoms with E-state index < -0.39 is 5.97 Å². The van der Waals surface area contributed by atoms with Gasteiger partial charge >= 0.3 is 17.9 Å². The van der Waals surface area contributed by atoms with E-state index in [9.17, 15) is 24.6 Å². The Kier molecular flexibility index (Phi) is 6.82. The summed E-state index contributed by atoms with van der Waals surface area (Å²) in [6, 6.07) is 0. The molecule has 7 heteroatoms. The van der Waals surface area contributed by atoms with Gasteiger partial charge in [-0.05, 0) is 80.0 Å². The number of fused-ring (bicyclic) bond motifs is 5. The molecule has 11 unspecified atom stereocenters. The fourth-order valence-electron chi connectivity index (χ4n) is 9.21. The number of carboxylic acids is 1. The van der Waals surface area contributed by atoms with Gasteiger partial charge in [-0.3, -0.25) is 14.4 Å². The monoisotopic (exact) mass is 478 g/mol. The highest BCUT2D eigenvalue weighted by molar-refractivity contribution is 5.67.